The zero-order valence-electron chi connectivity index (χ0n) is 17.2. The predicted octanol–water partition coefficient (Wildman–Crippen LogP) is 6.82. The molecule has 0 saturated carbocycles. The van der Waals surface area contributed by atoms with Crippen LogP contribution in [0.15, 0.2) is 60.7 Å². The Labute approximate surface area is 177 Å². The van der Waals surface area contributed by atoms with Crippen molar-refractivity contribution >= 4 is 11.8 Å². The molecule has 3 rings (SSSR count). The summed E-state index contributed by atoms with van der Waals surface area (Å²) in [5.74, 6) is 2.21. The standard InChI is InChI=1S/C25H27FO2S/c1-18-14-22(27-12-7-13-29-3)15-19(2)25(18)23-11-10-21(26)16-24(23)28-17-20-8-5-4-6-9-20/h4-6,8-11,14-16H,7,12-13,17H2,1-3H3. The predicted molar refractivity (Wildman–Crippen MR) is 121 cm³/mol. The number of ether oxygens (including phenoxy) is 2. The van der Waals surface area contributed by atoms with Crippen LogP contribution in [0.3, 0.4) is 0 Å². The lowest BCUT2D eigenvalue weighted by Crippen LogP contribution is -2.01. The van der Waals surface area contributed by atoms with E-state index in [2.05, 4.69) is 20.1 Å². The van der Waals surface area contributed by atoms with Crippen molar-refractivity contribution in [1.29, 1.82) is 0 Å². The van der Waals surface area contributed by atoms with Gasteiger partial charge in [-0.05, 0) is 78.8 Å². The fraction of sp³-hybridized carbons (Fsp3) is 0.280. The topological polar surface area (TPSA) is 18.5 Å². The summed E-state index contributed by atoms with van der Waals surface area (Å²) in [6.07, 6.45) is 3.12. The zero-order valence-corrected chi connectivity index (χ0v) is 18.0. The Morgan fingerprint density at radius 2 is 1.62 bits per heavy atom. The van der Waals surface area contributed by atoms with Crippen LogP contribution < -0.4 is 9.47 Å². The van der Waals surface area contributed by atoms with E-state index in [1.807, 2.05) is 54.2 Å². The van der Waals surface area contributed by atoms with Crippen LogP contribution in [0.5, 0.6) is 11.5 Å². The van der Waals surface area contributed by atoms with Gasteiger partial charge in [0.25, 0.3) is 0 Å². The van der Waals surface area contributed by atoms with Gasteiger partial charge in [-0.1, -0.05) is 30.3 Å². The molecule has 2 nitrogen and oxygen atoms in total. The lowest BCUT2D eigenvalue weighted by Gasteiger charge is -2.17. The molecule has 29 heavy (non-hydrogen) atoms. The van der Waals surface area contributed by atoms with Crippen molar-refractivity contribution in [1.82, 2.24) is 0 Å². The summed E-state index contributed by atoms with van der Waals surface area (Å²) in [5.41, 5.74) is 5.17. The summed E-state index contributed by atoms with van der Waals surface area (Å²) < 4.78 is 25.9. The average molecular weight is 411 g/mol. The fourth-order valence-electron chi connectivity index (χ4n) is 3.38. The lowest BCUT2D eigenvalue weighted by atomic mass is 9.94. The molecular weight excluding hydrogens is 383 g/mol. The summed E-state index contributed by atoms with van der Waals surface area (Å²) in [7, 11) is 0. The van der Waals surface area contributed by atoms with Crippen LogP contribution in [-0.2, 0) is 6.61 Å². The number of hydrogen-bond donors (Lipinski definition) is 0. The molecule has 3 aromatic carbocycles. The van der Waals surface area contributed by atoms with E-state index in [4.69, 9.17) is 9.47 Å². The number of hydrogen-bond acceptors (Lipinski definition) is 3. The Balaban J connectivity index is 1.85. The third-order valence-electron chi connectivity index (χ3n) is 4.72. The van der Waals surface area contributed by atoms with Crippen LogP contribution in [0, 0.1) is 19.7 Å². The minimum Gasteiger partial charge on any atom is -0.494 e. The Hall–Kier alpha value is -2.46. The highest BCUT2D eigenvalue weighted by Gasteiger charge is 2.14. The zero-order chi connectivity index (χ0) is 20.6. The molecule has 0 saturated heterocycles. The van der Waals surface area contributed by atoms with E-state index >= 15 is 0 Å². The molecule has 3 aromatic rings. The molecule has 0 amide bonds. The summed E-state index contributed by atoms with van der Waals surface area (Å²) in [6, 6.07) is 18.7. The molecule has 4 heteroatoms. The summed E-state index contributed by atoms with van der Waals surface area (Å²) in [4.78, 5) is 0. The summed E-state index contributed by atoms with van der Waals surface area (Å²) >= 11 is 1.82. The molecule has 0 aliphatic carbocycles. The summed E-state index contributed by atoms with van der Waals surface area (Å²) in [6.45, 7) is 5.22. The molecule has 0 aliphatic heterocycles. The molecule has 0 fully saturated rings. The highest BCUT2D eigenvalue weighted by Crippen LogP contribution is 2.37. The monoisotopic (exact) mass is 410 g/mol. The molecule has 152 valence electrons. The van der Waals surface area contributed by atoms with E-state index in [1.54, 1.807) is 6.07 Å². The number of thioether (sulfide) groups is 1. The fourth-order valence-corrected chi connectivity index (χ4v) is 3.79. The van der Waals surface area contributed by atoms with Gasteiger partial charge in [-0.25, -0.2) is 4.39 Å². The number of benzene rings is 3. The Kier molecular flexibility index (Phi) is 7.59. The van der Waals surface area contributed by atoms with Crippen molar-refractivity contribution in [2.75, 3.05) is 18.6 Å². The van der Waals surface area contributed by atoms with Gasteiger partial charge < -0.3 is 9.47 Å². The van der Waals surface area contributed by atoms with Crippen LogP contribution in [0.2, 0.25) is 0 Å². The van der Waals surface area contributed by atoms with Crippen LogP contribution in [0.25, 0.3) is 11.1 Å². The van der Waals surface area contributed by atoms with Crippen LogP contribution in [-0.4, -0.2) is 18.6 Å². The van der Waals surface area contributed by atoms with Gasteiger partial charge in [0, 0.05) is 11.6 Å². The van der Waals surface area contributed by atoms with E-state index in [0.29, 0.717) is 19.0 Å². The minimum atomic E-state index is -0.305. The van der Waals surface area contributed by atoms with Gasteiger partial charge in [0.15, 0.2) is 0 Å². The maximum atomic E-state index is 14.0. The molecule has 0 atom stereocenters. The van der Waals surface area contributed by atoms with Crippen molar-refractivity contribution in [3.8, 4) is 22.6 Å². The SMILES string of the molecule is CSCCCOc1cc(C)c(-c2ccc(F)cc2OCc2ccccc2)c(C)c1. The molecule has 0 aromatic heterocycles. The van der Waals surface area contributed by atoms with E-state index < -0.39 is 0 Å². The van der Waals surface area contributed by atoms with Crippen LogP contribution in [0.4, 0.5) is 4.39 Å². The van der Waals surface area contributed by atoms with Crippen molar-refractivity contribution < 1.29 is 13.9 Å². The number of halogens is 1. The Morgan fingerprint density at radius 1 is 0.897 bits per heavy atom. The lowest BCUT2D eigenvalue weighted by molar-refractivity contribution is 0.306. The average Bonchev–Trinajstić information content (AvgIpc) is 2.71. The molecule has 0 unspecified atom stereocenters. The smallest absolute Gasteiger partial charge is 0.130 e. The second-order valence-electron chi connectivity index (χ2n) is 7.04. The van der Waals surface area contributed by atoms with Crippen molar-refractivity contribution in [3.63, 3.8) is 0 Å². The first-order valence-electron chi connectivity index (χ1n) is 9.78. The van der Waals surface area contributed by atoms with E-state index in [9.17, 15) is 4.39 Å². The second-order valence-corrected chi connectivity index (χ2v) is 8.03. The van der Waals surface area contributed by atoms with Gasteiger partial charge in [0.05, 0.1) is 6.61 Å². The van der Waals surface area contributed by atoms with E-state index in [0.717, 1.165) is 45.7 Å². The minimum absolute atomic E-state index is 0.305. The largest absolute Gasteiger partial charge is 0.494 e. The molecular formula is C25H27FO2S. The van der Waals surface area contributed by atoms with Gasteiger partial charge in [-0.15, -0.1) is 0 Å². The number of rotatable bonds is 9. The van der Waals surface area contributed by atoms with Crippen LogP contribution in [0.1, 0.15) is 23.1 Å². The molecule has 0 aliphatic rings. The Morgan fingerprint density at radius 3 is 2.31 bits per heavy atom. The third-order valence-corrected chi connectivity index (χ3v) is 5.41. The maximum Gasteiger partial charge on any atom is 0.130 e. The first-order chi connectivity index (χ1) is 14.1. The second kappa shape index (κ2) is 10.4. The maximum absolute atomic E-state index is 14.0. The molecule has 0 bridgehead atoms. The highest BCUT2D eigenvalue weighted by molar-refractivity contribution is 7.98. The quantitative estimate of drug-likeness (QED) is 0.361. The summed E-state index contributed by atoms with van der Waals surface area (Å²) in [5, 5.41) is 0. The molecule has 0 N–H and O–H groups in total. The third kappa shape index (κ3) is 5.77. The van der Waals surface area contributed by atoms with Crippen molar-refractivity contribution in [2.45, 2.75) is 26.9 Å². The van der Waals surface area contributed by atoms with Gasteiger partial charge in [-0.3, -0.25) is 0 Å². The van der Waals surface area contributed by atoms with Crippen LogP contribution >= 0.6 is 11.8 Å². The molecule has 0 radical (unpaired) electrons. The van der Waals surface area contributed by atoms with Gasteiger partial charge in [0.2, 0.25) is 0 Å². The van der Waals surface area contributed by atoms with E-state index in [1.165, 1.54) is 12.1 Å². The Bertz CT molecular complexity index is 918. The van der Waals surface area contributed by atoms with Crippen molar-refractivity contribution in [3.05, 3.63) is 83.2 Å². The van der Waals surface area contributed by atoms with Gasteiger partial charge >= 0.3 is 0 Å². The normalized spacial score (nSPS) is 10.8. The van der Waals surface area contributed by atoms with Gasteiger partial charge in [-0.2, -0.15) is 11.8 Å². The van der Waals surface area contributed by atoms with Gasteiger partial charge in [0.1, 0.15) is 23.9 Å². The van der Waals surface area contributed by atoms with E-state index in [-0.39, 0.29) is 5.82 Å². The highest BCUT2D eigenvalue weighted by atomic mass is 32.2. The van der Waals surface area contributed by atoms with Crippen molar-refractivity contribution in [2.24, 2.45) is 0 Å². The molecule has 0 heterocycles. The molecule has 0 spiro atoms. The number of aryl methyl sites for hydroxylation is 2. The first-order valence-corrected chi connectivity index (χ1v) is 11.2. The first kappa shape index (κ1) is 21.3.